The third-order valence-corrected chi connectivity index (χ3v) is 7.28. The summed E-state index contributed by atoms with van der Waals surface area (Å²) < 4.78 is 27.0. The van der Waals surface area contributed by atoms with E-state index in [4.69, 9.17) is 11.6 Å². The predicted molar refractivity (Wildman–Crippen MR) is 114 cm³/mol. The van der Waals surface area contributed by atoms with Crippen LogP contribution >= 0.6 is 11.6 Å². The number of piperidine rings is 1. The van der Waals surface area contributed by atoms with Crippen LogP contribution in [0.5, 0.6) is 0 Å². The van der Waals surface area contributed by atoms with E-state index in [2.05, 4.69) is 5.32 Å². The van der Waals surface area contributed by atoms with Crippen LogP contribution in [-0.4, -0.2) is 36.6 Å². The Hall–Kier alpha value is -2.49. The summed E-state index contributed by atoms with van der Waals surface area (Å²) in [6.45, 7) is 4.22. The van der Waals surface area contributed by atoms with Crippen LogP contribution in [0.4, 0.5) is 11.4 Å². The highest BCUT2D eigenvalue weighted by Crippen LogP contribution is 2.30. The monoisotopic (exact) mass is 451 g/mol. The molecule has 0 radical (unpaired) electrons. The second-order valence-electron chi connectivity index (χ2n) is 7.41. The van der Waals surface area contributed by atoms with E-state index in [9.17, 15) is 23.3 Å². The van der Waals surface area contributed by atoms with E-state index in [1.807, 2.05) is 32.0 Å². The van der Waals surface area contributed by atoms with Crippen molar-refractivity contribution in [2.24, 2.45) is 5.92 Å². The fourth-order valence-electron chi connectivity index (χ4n) is 3.59. The number of hydrogen-bond acceptors (Lipinski definition) is 5. The highest BCUT2D eigenvalue weighted by atomic mass is 35.5. The molecule has 1 fully saturated rings. The molecule has 0 aliphatic carbocycles. The van der Waals surface area contributed by atoms with E-state index in [0.717, 1.165) is 22.9 Å². The Morgan fingerprint density at radius 3 is 2.30 bits per heavy atom. The normalized spacial score (nSPS) is 15.7. The van der Waals surface area contributed by atoms with Crippen molar-refractivity contribution >= 4 is 38.9 Å². The van der Waals surface area contributed by atoms with Crippen LogP contribution in [0.25, 0.3) is 0 Å². The molecular formula is C20H22ClN3O5S. The summed E-state index contributed by atoms with van der Waals surface area (Å²) in [6.07, 6.45) is 0.733. The molecule has 30 heavy (non-hydrogen) atoms. The highest BCUT2D eigenvalue weighted by Gasteiger charge is 2.33. The zero-order valence-corrected chi connectivity index (χ0v) is 18.2. The van der Waals surface area contributed by atoms with Crippen LogP contribution < -0.4 is 5.32 Å². The van der Waals surface area contributed by atoms with Crippen LogP contribution in [-0.2, 0) is 14.8 Å². The van der Waals surface area contributed by atoms with Crippen LogP contribution in [0.2, 0.25) is 5.02 Å². The Morgan fingerprint density at radius 1 is 1.13 bits per heavy atom. The lowest BCUT2D eigenvalue weighted by Crippen LogP contribution is -2.41. The van der Waals surface area contributed by atoms with E-state index in [-0.39, 0.29) is 34.8 Å². The Kier molecular flexibility index (Phi) is 6.44. The van der Waals surface area contributed by atoms with Crippen LogP contribution in [0, 0.1) is 29.9 Å². The summed E-state index contributed by atoms with van der Waals surface area (Å²) in [5.41, 5.74) is 2.35. The van der Waals surface area contributed by atoms with Crippen molar-refractivity contribution in [3.8, 4) is 0 Å². The standard InChI is InChI=1S/C20H22ClN3O5S/c1-13-9-14(2)11-16(10-13)22-20(25)15-5-7-23(8-6-15)30(28,29)17-3-4-18(21)19(12-17)24(26)27/h3-4,9-12,15H,5-8H2,1-2H3,(H,22,25). The largest absolute Gasteiger partial charge is 0.326 e. The molecule has 2 aromatic carbocycles. The number of rotatable bonds is 5. The van der Waals surface area contributed by atoms with Gasteiger partial charge in [-0.15, -0.1) is 0 Å². The number of nitrogens with zero attached hydrogens (tertiary/aromatic N) is 2. The molecule has 1 aliphatic heterocycles. The van der Waals surface area contributed by atoms with Gasteiger partial charge in [0, 0.05) is 30.8 Å². The van der Waals surface area contributed by atoms with Gasteiger partial charge in [0.15, 0.2) is 0 Å². The van der Waals surface area contributed by atoms with Crippen molar-refractivity contribution in [1.82, 2.24) is 4.31 Å². The van der Waals surface area contributed by atoms with Gasteiger partial charge in [0.25, 0.3) is 5.69 Å². The summed E-state index contributed by atoms with van der Waals surface area (Å²) >= 11 is 5.77. The molecule has 0 bridgehead atoms. The molecule has 2 aromatic rings. The number of nitrogens with one attached hydrogen (secondary N) is 1. The lowest BCUT2D eigenvalue weighted by Gasteiger charge is -2.30. The zero-order valence-electron chi connectivity index (χ0n) is 16.6. The second kappa shape index (κ2) is 8.71. The fourth-order valence-corrected chi connectivity index (χ4v) is 5.27. The Morgan fingerprint density at radius 2 is 1.73 bits per heavy atom. The van der Waals surface area contributed by atoms with Gasteiger partial charge in [-0.2, -0.15) is 4.31 Å². The van der Waals surface area contributed by atoms with Crippen molar-refractivity contribution in [2.75, 3.05) is 18.4 Å². The molecule has 1 heterocycles. The topological polar surface area (TPSA) is 110 Å². The number of carbonyl (C=O) groups is 1. The lowest BCUT2D eigenvalue weighted by atomic mass is 9.97. The Bertz CT molecular complexity index is 1080. The first-order valence-electron chi connectivity index (χ1n) is 9.41. The maximum Gasteiger partial charge on any atom is 0.289 e. The summed E-state index contributed by atoms with van der Waals surface area (Å²) in [5.74, 6) is -0.448. The average Bonchev–Trinajstić information content (AvgIpc) is 2.67. The SMILES string of the molecule is Cc1cc(C)cc(NC(=O)C2CCN(S(=O)(=O)c3ccc(Cl)c([N+](=O)[O-])c3)CC2)c1. The molecule has 1 saturated heterocycles. The summed E-state index contributed by atoms with van der Waals surface area (Å²) in [4.78, 5) is 22.8. The summed E-state index contributed by atoms with van der Waals surface area (Å²) in [6, 6.07) is 9.21. The average molecular weight is 452 g/mol. The van der Waals surface area contributed by atoms with Gasteiger partial charge in [0.2, 0.25) is 15.9 Å². The number of benzene rings is 2. The number of anilines is 1. The molecular weight excluding hydrogens is 430 g/mol. The Labute approximate surface area is 180 Å². The van der Waals surface area contributed by atoms with Crippen LogP contribution in [0.3, 0.4) is 0 Å². The predicted octanol–water partition coefficient (Wildman–Crippen LogP) is 3.90. The molecule has 0 saturated carbocycles. The van der Waals surface area contributed by atoms with E-state index in [0.29, 0.717) is 12.8 Å². The van der Waals surface area contributed by atoms with Gasteiger partial charge in [-0.1, -0.05) is 17.7 Å². The summed E-state index contributed by atoms with van der Waals surface area (Å²) in [5, 5.41) is 13.8. The lowest BCUT2D eigenvalue weighted by molar-refractivity contribution is -0.384. The molecule has 3 rings (SSSR count). The van der Waals surface area contributed by atoms with Crippen molar-refractivity contribution in [3.05, 3.63) is 62.7 Å². The van der Waals surface area contributed by atoms with Gasteiger partial charge in [-0.3, -0.25) is 14.9 Å². The smallest absolute Gasteiger partial charge is 0.289 e. The van der Waals surface area contributed by atoms with Crippen molar-refractivity contribution in [3.63, 3.8) is 0 Å². The number of amides is 1. The molecule has 0 unspecified atom stereocenters. The minimum absolute atomic E-state index is 0.124. The molecule has 10 heteroatoms. The second-order valence-corrected chi connectivity index (χ2v) is 9.76. The molecule has 0 spiro atoms. The van der Waals surface area contributed by atoms with Gasteiger partial charge in [-0.25, -0.2) is 8.42 Å². The molecule has 160 valence electrons. The first kappa shape index (κ1) is 22.2. The van der Waals surface area contributed by atoms with Gasteiger partial charge in [-0.05, 0) is 62.1 Å². The third-order valence-electron chi connectivity index (χ3n) is 5.07. The number of aryl methyl sites for hydroxylation is 2. The quantitative estimate of drug-likeness (QED) is 0.547. The van der Waals surface area contributed by atoms with Gasteiger partial charge in [0.1, 0.15) is 5.02 Å². The highest BCUT2D eigenvalue weighted by molar-refractivity contribution is 7.89. The zero-order chi connectivity index (χ0) is 22.1. The molecule has 8 nitrogen and oxygen atoms in total. The van der Waals surface area contributed by atoms with Gasteiger partial charge in [0.05, 0.1) is 9.82 Å². The number of carbonyl (C=O) groups excluding carboxylic acids is 1. The maximum absolute atomic E-state index is 12.9. The first-order valence-corrected chi connectivity index (χ1v) is 11.2. The first-order chi connectivity index (χ1) is 14.1. The molecule has 1 aliphatic rings. The van der Waals surface area contributed by atoms with E-state index in [1.165, 1.54) is 16.4 Å². The third kappa shape index (κ3) is 4.80. The molecule has 1 amide bonds. The van der Waals surface area contributed by atoms with E-state index in [1.54, 1.807) is 0 Å². The van der Waals surface area contributed by atoms with Gasteiger partial charge < -0.3 is 5.32 Å². The van der Waals surface area contributed by atoms with Crippen molar-refractivity contribution in [1.29, 1.82) is 0 Å². The van der Waals surface area contributed by atoms with E-state index >= 15 is 0 Å². The number of sulfonamides is 1. The maximum atomic E-state index is 12.9. The minimum Gasteiger partial charge on any atom is -0.326 e. The van der Waals surface area contributed by atoms with Crippen LogP contribution in [0.1, 0.15) is 24.0 Å². The van der Waals surface area contributed by atoms with E-state index < -0.39 is 20.6 Å². The number of nitro benzene ring substituents is 1. The fraction of sp³-hybridized carbons (Fsp3) is 0.350. The number of hydrogen-bond donors (Lipinski definition) is 1. The van der Waals surface area contributed by atoms with Crippen molar-refractivity contribution < 1.29 is 18.1 Å². The number of nitro groups is 1. The Balaban J connectivity index is 1.68. The van der Waals surface area contributed by atoms with Crippen LogP contribution in [0.15, 0.2) is 41.3 Å². The molecule has 0 aromatic heterocycles. The molecule has 1 N–H and O–H groups in total. The molecule has 0 atom stereocenters. The minimum atomic E-state index is -3.92. The number of halogens is 1. The van der Waals surface area contributed by atoms with Crippen molar-refractivity contribution in [2.45, 2.75) is 31.6 Å². The summed E-state index contributed by atoms with van der Waals surface area (Å²) in [7, 11) is -3.92. The van der Waals surface area contributed by atoms with Gasteiger partial charge >= 0.3 is 0 Å².